The van der Waals surface area contributed by atoms with E-state index in [0.29, 0.717) is 5.91 Å². The largest absolute Gasteiger partial charge is 0.343 e. The van der Waals surface area contributed by atoms with Crippen molar-refractivity contribution in [1.82, 2.24) is 10.2 Å². The van der Waals surface area contributed by atoms with Gasteiger partial charge in [-0.1, -0.05) is 0 Å². The highest BCUT2D eigenvalue weighted by atomic mass is 35.5. The number of carbonyl (C=O) groups is 1. The predicted octanol–water partition coefficient (Wildman–Crippen LogP) is 1.67. The van der Waals surface area contributed by atoms with Gasteiger partial charge in [0.2, 0.25) is 5.91 Å². The monoisotopic (exact) mass is 234 g/mol. The maximum atomic E-state index is 12.2. The first-order chi connectivity index (χ1) is 6.64. The summed E-state index contributed by atoms with van der Waals surface area (Å²) in [6.07, 6.45) is 2.14. The highest BCUT2D eigenvalue weighted by molar-refractivity contribution is 5.85. The Morgan fingerprint density at radius 1 is 1.40 bits per heavy atom. The number of halogens is 1. The molecule has 1 N–H and O–H groups in total. The second-order valence-corrected chi connectivity index (χ2v) is 4.32. The summed E-state index contributed by atoms with van der Waals surface area (Å²) in [4.78, 5) is 14.1. The Labute approximate surface area is 99.0 Å². The molecule has 1 atom stereocenters. The Kier molecular flexibility index (Phi) is 6.22. The number of hydrogen-bond donors (Lipinski definition) is 1. The van der Waals surface area contributed by atoms with Crippen LogP contribution in [0.2, 0.25) is 0 Å². The smallest absolute Gasteiger partial charge is 0.229 e. The average molecular weight is 235 g/mol. The topological polar surface area (TPSA) is 32.3 Å². The van der Waals surface area contributed by atoms with Gasteiger partial charge in [-0.05, 0) is 40.2 Å². The van der Waals surface area contributed by atoms with Gasteiger partial charge in [-0.3, -0.25) is 4.79 Å². The van der Waals surface area contributed by atoms with Crippen molar-refractivity contribution >= 4 is 18.3 Å². The minimum absolute atomic E-state index is 0. The van der Waals surface area contributed by atoms with Crippen LogP contribution in [0.4, 0.5) is 0 Å². The SMILES string of the molecule is CCN(CC)C(=O)C1(C)CCCNC1.Cl. The van der Waals surface area contributed by atoms with E-state index in [1.165, 1.54) is 0 Å². The molecule has 0 saturated carbocycles. The lowest BCUT2D eigenvalue weighted by atomic mass is 9.81. The van der Waals surface area contributed by atoms with Gasteiger partial charge in [0.25, 0.3) is 0 Å². The molecule has 1 unspecified atom stereocenters. The van der Waals surface area contributed by atoms with Crippen molar-refractivity contribution in [1.29, 1.82) is 0 Å². The number of nitrogens with one attached hydrogen (secondary N) is 1. The maximum absolute atomic E-state index is 12.2. The van der Waals surface area contributed by atoms with Crippen molar-refractivity contribution in [2.75, 3.05) is 26.2 Å². The first kappa shape index (κ1) is 14.7. The summed E-state index contributed by atoms with van der Waals surface area (Å²) in [6.45, 7) is 9.71. The fraction of sp³-hybridized carbons (Fsp3) is 0.909. The molecule has 0 spiro atoms. The van der Waals surface area contributed by atoms with Gasteiger partial charge in [-0.2, -0.15) is 0 Å². The zero-order chi connectivity index (χ0) is 10.6. The van der Waals surface area contributed by atoms with Crippen molar-refractivity contribution in [2.24, 2.45) is 5.41 Å². The van der Waals surface area contributed by atoms with Crippen molar-refractivity contribution in [3.8, 4) is 0 Å². The van der Waals surface area contributed by atoms with Crippen LogP contribution in [0.25, 0.3) is 0 Å². The quantitative estimate of drug-likeness (QED) is 0.806. The first-order valence-corrected chi connectivity index (χ1v) is 5.64. The molecule has 1 amide bonds. The summed E-state index contributed by atoms with van der Waals surface area (Å²) in [7, 11) is 0. The van der Waals surface area contributed by atoms with Crippen molar-refractivity contribution in [3.05, 3.63) is 0 Å². The molecule has 1 aliphatic rings. The van der Waals surface area contributed by atoms with E-state index in [1.54, 1.807) is 0 Å². The lowest BCUT2D eigenvalue weighted by molar-refractivity contribution is -0.141. The molecule has 4 heteroatoms. The second-order valence-electron chi connectivity index (χ2n) is 4.32. The van der Waals surface area contributed by atoms with Crippen molar-refractivity contribution < 1.29 is 4.79 Å². The molecule has 0 aliphatic carbocycles. The van der Waals surface area contributed by atoms with Gasteiger partial charge in [-0.15, -0.1) is 12.4 Å². The third kappa shape index (κ3) is 3.35. The normalized spacial score (nSPS) is 25.5. The Bertz CT molecular complexity index is 199. The van der Waals surface area contributed by atoms with E-state index in [4.69, 9.17) is 0 Å². The standard InChI is InChI=1S/C11H22N2O.ClH/c1-4-13(5-2)10(14)11(3)7-6-8-12-9-11;/h12H,4-9H2,1-3H3;1H. The molecular formula is C11H23ClN2O. The molecule has 0 aromatic carbocycles. The Hall–Kier alpha value is -0.280. The van der Waals surface area contributed by atoms with E-state index in [-0.39, 0.29) is 17.8 Å². The molecule has 0 aromatic rings. The molecule has 1 fully saturated rings. The molecule has 15 heavy (non-hydrogen) atoms. The van der Waals surface area contributed by atoms with Crippen LogP contribution in [0.3, 0.4) is 0 Å². The van der Waals surface area contributed by atoms with Gasteiger partial charge in [-0.25, -0.2) is 0 Å². The van der Waals surface area contributed by atoms with Crippen molar-refractivity contribution in [2.45, 2.75) is 33.6 Å². The van der Waals surface area contributed by atoms with Gasteiger partial charge in [0.1, 0.15) is 0 Å². The van der Waals surface area contributed by atoms with Crippen LogP contribution in [-0.4, -0.2) is 37.0 Å². The van der Waals surface area contributed by atoms with Crippen LogP contribution in [0.1, 0.15) is 33.6 Å². The van der Waals surface area contributed by atoms with Crippen LogP contribution in [0, 0.1) is 5.41 Å². The molecule has 90 valence electrons. The molecule has 1 saturated heterocycles. The minimum Gasteiger partial charge on any atom is -0.343 e. The van der Waals surface area contributed by atoms with Gasteiger partial charge >= 0.3 is 0 Å². The lowest BCUT2D eigenvalue weighted by Crippen LogP contribution is -2.50. The molecular weight excluding hydrogens is 212 g/mol. The van der Waals surface area contributed by atoms with Gasteiger partial charge in [0.05, 0.1) is 5.41 Å². The zero-order valence-electron chi connectivity index (χ0n) is 10.0. The van der Waals surface area contributed by atoms with E-state index in [9.17, 15) is 4.79 Å². The van der Waals surface area contributed by atoms with E-state index < -0.39 is 0 Å². The third-order valence-corrected chi connectivity index (χ3v) is 3.16. The van der Waals surface area contributed by atoms with Crippen LogP contribution >= 0.6 is 12.4 Å². The molecule has 1 heterocycles. The summed E-state index contributed by atoms with van der Waals surface area (Å²) in [5, 5.41) is 3.31. The summed E-state index contributed by atoms with van der Waals surface area (Å²) < 4.78 is 0. The Morgan fingerprint density at radius 2 is 2.00 bits per heavy atom. The number of hydrogen-bond acceptors (Lipinski definition) is 2. The molecule has 0 bridgehead atoms. The molecule has 0 radical (unpaired) electrons. The van der Waals surface area contributed by atoms with Crippen LogP contribution in [-0.2, 0) is 4.79 Å². The summed E-state index contributed by atoms with van der Waals surface area (Å²) >= 11 is 0. The predicted molar refractivity (Wildman–Crippen MR) is 65.4 cm³/mol. The fourth-order valence-corrected chi connectivity index (χ4v) is 2.13. The molecule has 0 aromatic heterocycles. The number of piperidine rings is 1. The van der Waals surface area contributed by atoms with E-state index in [2.05, 4.69) is 12.2 Å². The summed E-state index contributed by atoms with van der Waals surface area (Å²) in [5.74, 6) is 0.315. The second kappa shape index (κ2) is 6.33. The molecule has 1 aliphatic heterocycles. The maximum Gasteiger partial charge on any atom is 0.229 e. The van der Waals surface area contributed by atoms with E-state index in [1.807, 2.05) is 18.7 Å². The van der Waals surface area contributed by atoms with Crippen LogP contribution in [0.15, 0.2) is 0 Å². The minimum atomic E-state index is -0.162. The number of amides is 1. The summed E-state index contributed by atoms with van der Waals surface area (Å²) in [5.41, 5.74) is -0.162. The molecule has 3 nitrogen and oxygen atoms in total. The van der Waals surface area contributed by atoms with Crippen molar-refractivity contribution in [3.63, 3.8) is 0 Å². The highest BCUT2D eigenvalue weighted by Gasteiger charge is 2.36. The molecule has 1 rings (SSSR count). The number of nitrogens with zero attached hydrogens (tertiary/aromatic N) is 1. The van der Waals surface area contributed by atoms with Gasteiger partial charge in [0.15, 0.2) is 0 Å². The van der Waals surface area contributed by atoms with Gasteiger partial charge < -0.3 is 10.2 Å². The third-order valence-electron chi connectivity index (χ3n) is 3.16. The van der Waals surface area contributed by atoms with E-state index >= 15 is 0 Å². The lowest BCUT2D eigenvalue weighted by Gasteiger charge is -2.36. The number of carbonyl (C=O) groups excluding carboxylic acids is 1. The zero-order valence-corrected chi connectivity index (χ0v) is 10.8. The highest BCUT2D eigenvalue weighted by Crippen LogP contribution is 2.27. The Morgan fingerprint density at radius 3 is 2.40 bits per heavy atom. The van der Waals surface area contributed by atoms with E-state index in [0.717, 1.165) is 39.0 Å². The summed E-state index contributed by atoms with van der Waals surface area (Å²) in [6, 6.07) is 0. The average Bonchev–Trinajstić information content (AvgIpc) is 2.20. The number of rotatable bonds is 3. The first-order valence-electron chi connectivity index (χ1n) is 5.64. The fourth-order valence-electron chi connectivity index (χ4n) is 2.13. The van der Waals surface area contributed by atoms with Crippen LogP contribution in [0.5, 0.6) is 0 Å². The Balaban J connectivity index is 0.00000196. The van der Waals surface area contributed by atoms with Crippen LogP contribution < -0.4 is 5.32 Å². The van der Waals surface area contributed by atoms with Gasteiger partial charge in [0, 0.05) is 19.6 Å².